The Bertz CT molecular complexity index is 512. The third-order valence-electron chi connectivity index (χ3n) is 3.89. The molecule has 2 rings (SSSR count). The van der Waals surface area contributed by atoms with Crippen molar-refractivity contribution in [2.24, 2.45) is 0 Å². The molecular weight excluding hydrogens is 256 g/mol. The monoisotopic (exact) mass is 276 g/mol. The molecule has 1 aliphatic heterocycles. The number of aromatic hydroxyl groups is 1. The van der Waals surface area contributed by atoms with E-state index in [1.165, 1.54) is 17.0 Å². The minimum absolute atomic E-state index is 0.0800. The summed E-state index contributed by atoms with van der Waals surface area (Å²) in [5, 5.41) is 9.29. The average molecular weight is 276 g/mol. The van der Waals surface area contributed by atoms with E-state index in [2.05, 4.69) is 0 Å². The minimum atomic E-state index is -0.461. The maximum absolute atomic E-state index is 12.6. The lowest BCUT2D eigenvalue weighted by Gasteiger charge is -2.23. The number of Topliss-reactive ketones (excluding diaryl/α,β-unsaturated/α-hetero) is 1. The lowest BCUT2D eigenvalue weighted by molar-refractivity contribution is 0.0876. The third-order valence-corrected chi connectivity index (χ3v) is 3.89. The van der Waals surface area contributed by atoms with Crippen LogP contribution in [0.2, 0.25) is 0 Å². The first-order valence-electron chi connectivity index (χ1n) is 6.80. The van der Waals surface area contributed by atoms with E-state index in [0.29, 0.717) is 5.56 Å². The number of rotatable bonds is 4. The fourth-order valence-electron chi connectivity index (χ4n) is 2.77. The molecule has 0 bridgehead atoms. The van der Waals surface area contributed by atoms with Crippen LogP contribution < -0.4 is 0 Å². The van der Waals surface area contributed by atoms with Crippen LogP contribution in [0.5, 0.6) is 5.75 Å². The summed E-state index contributed by atoms with van der Waals surface area (Å²) >= 11 is 0. The van der Waals surface area contributed by atoms with E-state index in [4.69, 9.17) is 0 Å². The molecule has 0 aromatic heterocycles. The van der Waals surface area contributed by atoms with Crippen LogP contribution in [0.15, 0.2) is 24.3 Å². The van der Waals surface area contributed by atoms with Crippen LogP contribution >= 0.6 is 0 Å². The van der Waals surface area contributed by atoms with Gasteiger partial charge in [-0.25, -0.2) is 4.79 Å². The van der Waals surface area contributed by atoms with Crippen molar-refractivity contribution in [2.75, 3.05) is 14.1 Å². The van der Waals surface area contributed by atoms with Crippen molar-refractivity contribution < 1.29 is 14.7 Å². The Kier molecular flexibility index (Phi) is 3.97. The lowest BCUT2D eigenvalue weighted by Crippen LogP contribution is -2.41. The molecule has 108 valence electrons. The van der Waals surface area contributed by atoms with Gasteiger partial charge in [-0.05, 0) is 30.7 Å². The molecule has 5 nitrogen and oxygen atoms in total. The molecule has 1 aromatic rings. The van der Waals surface area contributed by atoms with Gasteiger partial charge in [0.2, 0.25) is 0 Å². The minimum Gasteiger partial charge on any atom is -0.508 e. The van der Waals surface area contributed by atoms with Crippen LogP contribution in [0.4, 0.5) is 4.79 Å². The number of ketones is 1. The van der Waals surface area contributed by atoms with Gasteiger partial charge in [-0.3, -0.25) is 4.79 Å². The van der Waals surface area contributed by atoms with E-state index in [9.17, 15) is 14.7 Å². The predicted octanol–water partition coefficient (Wildman–Crippen LogP) is 2.11. The highest BCUT2D eigenvalue weighted by Crippen LogP contribution is 2.26. The fourth-order valence-corrected chi connectivity index (χ4v) is 2.77. The van der Waals surface area contributed by atoms with Crippen molar-refractivity contribution in [1.29, 1.82) is 0 Å². The highest BCUT2D eigenvalue weighted by Gasteiger charge is 2.45. The highest BCUT2D eigenvalue weighted by atomic mass is 16.3. The Morgan fingerprint density at radius 2 is 1.80 bits per heavy atom. The molecule has 20 heavy (non-hydrogen) atoms. The highest BCUT2D eigenvalue weighted by molar-refractivity contribution is 6.03. The molecule has 0 aliphatic carbocycles. The van der Waals surface area contributed by atoms with E-state index in [1.807, 2.05) is 6.92 Å². The number of urea groups is 1. The zero-order chi connectivity index (χ0) is 14.9. The standard InChI is InChI=1S/C15H20N2O3/c1-4-5-12-13(17(3)15(20)16(12)2)14(19)10-6-8-11(18)9-7-10/h6-9,12-13,18H,4-5H2,1-3H3. The SMILES string of the molecule is CCCC1C(C(=O)c2ccc(O)cc2)N(C)C(=O)N1C. The maximum Gasteiger partial charge on any atom is 0.320 e. The molecule has 1 saturated heterocycles. The van der Waals surface area contributed by atoms with Gasteiger partial charge < -0.3 is 14.9 Å². The fraction of sp³-hybridized carbons (Fsp3) is 0.467. The van der Waals surface area contributed by atoms with Crippen LogP contribution in [0.25, 0.3) is 0 Å². The number of carbonyl (C=O) groups excluding carboxylic acids is 2. The molecule has 2 amide bonds. The normalized spacial score (nSPS) is 22.4. The Labute approximate surface area is 118 Å². The summed E-state index contributed by atoms with van der Waals surface area (Å²) in [6.45, 7) is 2.04. The second kappa shape index (κ2) is 5.53. The average Bonchev–Trinajstić information content (AvgIpc) is 2.64. The molecule has 1 aromatic carbocycles. The van der Waals surface area contributed by atoms with Gasteiger partial charge in [0.15, 0.2) is 5.78 Å². The van der Waals surface area contributed by atoms with Crippen molar-refractivity contribution in [3.05, 3.63) is 29.8 Å². The molecule has 1 N–H and O–H groups in total. The molecule has 2 unspecified atom stereocenters. The first-order valence-corrected chi connectivity index (χ1v) is 6.80. The molecule has 1 aliphatic rings. The van der Waals surface area contributed by atoms with Gasteiger partial charge in [-0.1, -0.05) is 13.3 Å². The van der Waals surface area contributed by atoms with Crippen LogP contribution in [-0.4, -0.2) is 52.9 Å². The van der Waals surface area contributed by atoms with E-state index in [0.717, 1.165) is 12.8 Å². The molecule has 2 atom stereocenters. The molecule has 0 spiro atoms. The number of hydrogen-bond acceptors (Lipinski definition) is 3. The first kappa shape index (κ1) is 14.4. The summed E-state index contributed by atoms with van der Waals surface area (Å²) < 4.78 is 0. The second-order valence-corrected chi connectivity index (χ2v) is 5.22. The Balaban J connectivity index is 2.30. The van der Waals surface area contributed by atoms with Gasteiger partial charge in [-0.2, -0.15) is 0 Å². The van der Waals surface area contributed by atoms with Gasteiger partial charge in [0.05, 0.1) is 6.04 Å². The molecule has 1 fully saturated rings. The van der Waals surface area contributed by atoms with Crippen molar-refractivity contribution in [1.82, 2.24) is 9.80 Å². The summed E-state index contributed by atoms with van der Waals surface area (Å²) in [7, 11) is 3.40. The molecule has 0 radical (unpaired) electrons. The van der Waals surface area contributed by atoms with Gasteiger partial charge >= 0.3 is 6.03 Å². The number of likely N-dealkylation sites (N-methyl/N-ethyl adjacent to an activating group) is 2. The number of nitrogens with zero attached hydrogens (tertiary/aromatic N) is 2. The van der Waals surface area contributed by atoms with E-state index in [-0.39, 0.29) is 23.6 Å². The third kappa shape index (κ3) is 2.35. The van der Waals surface area contributed by atoms with Crippen LogP contribution in [-0.2, 0) is 0 Å². The van der Waals surface area contributed by atoms with E-state index in [1.54, 1.807) is 31.1 Å². The Morgan fingerprint density at radius 1 is 1.20 bits per heavy atom. The Hall–Kier alpha value is -2.04. The number of phenolic OH excluding ortho intramolecular Hbond substituents is 1. The molecule has 1 heterocycles. The van der Waals surface area contributed by atoms with Crippen molar-refractivity contribution in [3.8, 4) is 5.75 Å². The summed E-state index contributed by atoms with van der Waals surface area (Å²) in [5.74, 6) is 0.0447. The van der Waals surface area contributed by atoms with Crippen LogP contribution in [0.3, 0.4) is 0 Å². The number of phenols is 1. The van der Waals surface area contributed by atoms with Gasteiger partial charge in [-0.15, -0.1) is 0 Å². The Morgan fingerprint density at radius 3 is 2.35 bits per heavy atom. The van der Waals surface area contributed by atoms with Crippen LogP contribution in [0, 0.1) is 0 Å². The van der Waals surface area contributed by atoms with Crippen molar-refractivity contribution >= 4 is 11.8 Å². The van der Waals surface area contributed by atoms with Gasteiger partial charge in [0.25, 0.3) is 0 Å². The second-order valence-electron chi connectivity index (χ2n) is 5.22. The number of benzene rings is 1. The zero-order valence-corrected chi connectivity index (χ0v) is 12.0. The summed E-state index contributed by atoms with van der Waals surface area (Å²) in [5.41, 5.74) is 0.517. The topological polar surface area (TPSA) is 60.9 Å². The zero-order valence-electron chi connectivity index (χ0n) is 12.0. The van der Waals surface area contributed by atoms with Gasteiger partial charge in [0, 0.05) is 19.7 Å². The maximum atomic E-state index is 12.6. The number of carbonyl (C=O) groups is 2. The van der Waals surface area contributed by atoms with Crippen molar-refractivity contribution in [3.63, 3.8) is 0 Å². The lowest BCUT2D eigenvalue weighted by atomic mass is 9.95. The largest absolute Gasteiger partial charge is 0.508 e. The van der Waals surface area contributed by atoms with Crippen molar-refractivity contribution in [2.45, 2.75) is 31.8 Å². The number of hydrogen-bond donors (Lipinski definition) is 1. The smallest absolute Gasteiger partial charge is 0.320 e. The molecule has 0 saturated carbocycles. The summed E-state index contributed by atoms with van der Waals surface area (Å²) in [6.07, 6.45) is 1.70. The van der Waals surface area contributed by atoms with Gasteiger partial charge in [0.1, 0.15) is 11.8 Å². The van der Waals surface area contributed by atoms with Crippen LogP contribution in [0.1, 0.15) is 30.1 Å². The van der Waals surface area contributed by atoms with E-state index < -0.39 is 6.04 Å². The van der Waals surface area contributed by atoms with E-state index >= 15 is 0 Å². The predicted molar refractivity (Wildman–Crippen MR) is 75.8 cm³/mol. The summed E-state index contributed by atoms with van der Waals surface area (Å²) in [6, 6.07) is 5.48. The molecule has 5 heteroatoms. The molecular formula is C15H20N2O3. The number of amides is 2. The quantitative estimate of drug-likeness (QED) is 0.857. The summed E-state index contributed by atoms with van der Waals surface area (Å²) in [4.78, 5) is 27.8. The first-order chi connectivity index (χ1) is 9.47.